The first-order chi connectivity index (χ1) is 11.8. The number of aromatic amines is 1. The van der Waals surface area contributed by atoms with E-state index in [2.05, 4.69) is 9.72 Å². The molecule has 1 aromatic heterocycles. The molecule has 0 bridgehead atoms. The van der Waals surface area contributed by atoms with E-state index < -0.39 is 30.1 Å². The van der Waals surface area contributed by atoms with Crippen LogP contribution in [0, 0.1) is 19.7 Å². The largest absolute Gasteiger partial charge is 0.465 e. The van der Waals surface area contributed by atoms with Gasteiger partial charge in [-0.3, -0.25) is 4.79 Å². The lowest BCUT2D eigenvalue weighted by molar-refractivity contribution is 0.0474. The maximum absolute atomic E-state index is 13.0. The van der Waals surface area contributed by atoms with Crippen molar-refractivity contribution in [2.75, 3.05) is 19.5 Å². The van der Waals surface area contributed by atoms with Crippen LogP contribution in [0.3, 0.4) is 0 Å². The highest BCUT2D eigenvalue weighted by atomic mass is 19.1. The summed E-state index contributed by atoms with van der Waals surface area (Å²) in [7, 11) is 1.24. The quantitative estimate of drug-likeness (QED) is 0.487. The summed E-state index contributed by atoms with van der Waals surface area (Å²) in [6.45, 7) is 2.65. The first kappa shape index (κ1) is 18.2. The Balaban J connectivity index is 2.13. The lowest BCUT2D eigenvalue weighted by atomic mass is 10.1. The molecule has 2 aromatic rings. The molecule has 0 amide bonds. The number of ketones is 1. The Hall–Kier alpha value is -3.16. The van der Waals surface area contributed by atoms with Gasteiger partial charge in [0, 0.05) is 11.4 Å². The molecule has 7 nitrogen and oxygen atoms in total. The Bertz CT molecular complexity index is 857. The minimum Gasteiger partial charge on any atom is -0.465 e. The van der Waals surface area contributed by atoms with Gasteiger partial charge in [-0.15, -0.1) is 0 Å². The van der Waals surface area contributed by atoms with E-state index in [1.165, 1.54) is 13.2 Å². The fourth-order valence-corrected chi connectivity index (χ4v) is 2.44. The number of hydrogen-bond donors (Lipinski definition) is 2. The van der Waals surface area contributed by atoms with Gasteiger partial charge in [-0.05, 0) is 37.6 Å². The van der Waals surface area contributed by atoms with Crippen molar-refractivity contribution < 1.29 is 28.2 Å². The van der Waals surface area contributed by atoms with Crippen molar-refractivity contribution in [1.29, 1.82) is 0 Å². The van der Waals surface area contributed by atoms with E-state index in [1.807, 2.05) is 0 Å². The van der Waals surface area contributed by atoms with Crippen molar-refractivity contribution in [3.63, 3.8) is 0 Å². The van der Waals surface area contributed by atoms with Crippen molar-refractivity contribution in [2.45, 2.75) is 13.8 Å². The van der Waals surface area contributed by atoms with Gasteiger partial charge in [0.25, 0.3) is 0 Å². The SMILES string of the molecule is COC(=O)c1c(C)[nH]c(C(=O)COC(=O)c2ccc(F)cc2N)c1C. The maximum atomic E-state index is 13.0. The molecule has 8 heteroatoms. The molecule has 0 spiro atoms. The van der Waals surface area contributed by atoms with E-state index in [0.717, 1.165) is 12.1 Å². The molecule has 0 aliphatic rings. The van der Waals surface area contributed by atoms with Crippen LogP contribution in [0.2, 0.25) is 0 Å². The zero-order chi connectivity index (χ0) is 18.7. The molecule has 2 rings (SSSR count). The second-order valence-electron chi connectivity index (χ2n) is 5.35. The summed E-state index contributed by atoms with van der Waals surface area (Å²) in [6, 6.07) is 3.23. The summed E-state index contributed by atoms with van der Waals surface area (Å²) in [4.78, 5) is 38.7. The number of Topliss-reactive ketones (excluding diaryl/α,β-unsaturated/α-hetero) is 1. The number of halogens is 1. The van der Waals surface area contributed by atoms with E-state index in [1.54, 1.807) is 13.8 Å². The number of methoxy groups -OCH3 is 1. The molecular weight excluding hydrogens is 331 g/mol. The summed E-state index contributed by atoms with van der Waals surface area (Å²) in [6.07, 6.45) is 0. The van der Waals surface area contributed by atoms with Crippen LogP contribution in [0.4, 0.5) is 10.1 Å². The third kappa shape index (κ3) is 3.68. The average Bonchev–Trinajstić information content (AvgIpc) is 2.86. The van der Waals surface area contributed by atoms with Crippen LogP contribution in [-0.2, 0) is 9.47 Å². The monoisotopic (exact) mass is 348 g/mol. The molecule has 0 saturated carbocycles. The second-order valence-corrected chi connectivity index (χ2v) is 5.35. The van der Waals surface area contributed by atoms with Gasteiger partial charge in [0.15, 0.2) is 6.61 Å². The summed E-state index contributed by atoms with van der Waals surface area (Å²) < 4.78 is 22.6. The number of rotatable bonds is 5. The number of anilines is 1. The van der Waals surface area contributed by atoms with Crippen LogP contribution in [-0.4, -0.2) is 36.4 Å². The van der Waals surface area contributed by atoms with Crippen molar-refractivity contribution in [1.82, 2.24) is 4.98 Å². The number of aromatic nitrogens is 1. The average molecular weight is 348 g/mol. The fraction of sp³-hybridized carbons (Fsp3) is 0.235. The molecule has 3 N–H and O–H groups in total. The number of carbonyl (C=O) groups excluding carboxylic acids is 3. The number of H-pyrrole nitrogens is 1. The van der Waals surface area contributed by atoms with Gasteiger partial charge < -0.3 is 20.2 Å². The number of hydrogen-bond acceptors (Lipinski definition) is 6. The maximum Gasteiger partial charge on any atom is 0.340 e. The summed E-state index contributed by atoms with van der Waals surface area (Å²) >= 11 is 0. The van der Waals surface area contributed by atoms with Crippen molar-refractivity contribution in [3.05, 3.63) is 52.1 Å². The van der Waals surface area contributed by atoms with Crippen LogP contribution in [0.25, 0.3) is 0 Å². The van der Waals surface area contributed by atoms with Crippen LogP contribution >= 0.6 is 0 Å². The molecule has 0 saturated heterocycles. The van der Waals surface area contributed by atoms with Crippen LogP contribution in [0.5, 0.6) is 0 Å². The minimum absolute atomic E-state index is 0.0381. The standard InChI is InChI=1S/C17H17FN2O5/c1-8-14(17(23)24-3)9(2)20-15(8)13(21)7-25-16(22)11-5-4-10(18)6-12(11)19/h4-6,20H,7,19H2,1-3H3. The van der Waals surface area contributed by atoms with E-state index >= 15 is 0 Å². The number of nitrogens with two attached hydrogens (primary N) is 1. The van der Waals surface area contributed by atoms with Gasteiger partial charge in [-0.25, -0.2) is 14.0 Å². The highest BCUT2D eigenvalue weighted by molar-refractivity contribution is 6.03. The van der Waals surface area contributed by atoms with Crippen LogP contribution in [0.15, 0.2) is 18.2 Å². The summed E-state index contributed by atoms with van der Waals surface area (Å²) in [5.74, 6) is -2.52. The molecule has 0 aliphatic carbocycles. The number of carbonyl (C=O) groups is 3. The van der Waals surface area contributed by atoms with E-state index in [9.17, 15) is 18.8 Å². The van der Waals surface area contributed by atoms with Gasteiger partial charge in [-0.2, -0.15) is 0 Å². The van der Waals surface area contributed by atoms with Gasteiger partial charge in [0.05, 0.1) is 23.9 Å². The molecule has 1 heterocycles. The summed E-state index contributed by atoms with van der Waals surface area (Å²) in [5.41, 5.74) is 6.73. The Morgan fingerprint density at radius 2 is 1.88 bits per heavy atom. The van der Waals surface area contributed by atoms with Gasteiger partial charge in [-0.1, -0.05) is 0 Å². The topological polar surface area (TPSA) is 111 Å². The molecule has 0 aliphatic heterocycles. The first-order valence-corrected chi connectivity index (χ1v) is 7.29. The molecule has 0 radical (unpaired) electrons. The Morgan fingerprint density at radius 1 is 1.20 bits per heavy atom. The van der Waals surface area contributed by atoms with Crippen molar-refractivity contribution in [2.24, 2.45) is 0 Å². The minimum atomic E-state index is -0.847. The fourth-order valence-electron chi connectivity index (χ4n) is 2.44. The first-order valence-electron chi connectivity index (χ1n) is 7.29. The Morgan fingerprint density at radius 3 is 2.48 bits per heavy atom. The third-order valence-corrected chi connectivity index (χ3v) is 3.67. The smallest absolute Gasteiger partial charge is 0.340 e. The normalized spacial score (nSPS) is 10.4. The highest BCUT2D eigenvalue weighted by Crippen LogP contribution is 2.20. The summed E-state index contributed by atoms with van der Waals surface area (Å²) in [5, 5.41) is 0. The lowest BCUT2D eigenvalue weighted by Crippen LogP contribution is -2.16. The lowest BCUT2D eigenvalue weighted by Gasteiger charge is -2.06. The van der Waals surface area contributed by atoms with E-state index in [4.69, 9.17) is 10.5 Å². The van der Waals surface area contributed by atoms with E-state index in [0.29, 0.717) is 11.3 Å². The third-order valence-electron chi connectivity index (χ3n) is 3.67. The van der Waals surface area contributed by atoms with E-state index in [-0.39, 0.29) is 22.5 Å². The number of nitrogens with one attached hydrogen (secondary N) is 1. The molecule has 0 atom stereocenters. The van der Waals surface area contributed by atoms with Gasteiger partial charge in [0.2, 0.25) is 5.78 Å². The van der Waals surface area contributed by atoms with Crippen molar-refractivity contribution >= 4 is 23.4 Å². The van der Waals surface area contributed by atoms with Crippen molar-refractivity contribution in [3.8, 4) is 0 Å². The predicted octanol–water partition coefficient (Wildman–Crippen LogP) is 2.18. The Labute approximate surface area is 142 Å². The number of esters is 2. The molecule has 25 heavy (non-hydrogen) atoms. The molecule has 0 unspecified atom stereocenters. The highest BCUT2D eigenvalue weighted by Gasteiger charge is 2.23. The van der Waals surface area contributed by atoms with Gasteiger partial charge in [0.1, 0.15) is 5.82 Å². The van der Waals surface area contributed by atoms with Gasteiger partial charge >= 0.3 is 11.9 Å². The predicted molar refractivity (Wildman–Crippen MR) is 87.0 cm³/mol. The number of nitrogen functional groups attached to an aromatic ring is 1. The molecular formula is C17H17FN2O5. The van der Waals surface area contributed by atoms with Crippen LogP contribution in [0.1, 0.15) is 42.5 Å². The number of benzene rings is 1. The molecule has 1 aromatic carbocycles. The second kappa shape index (κ2) is 7.16. The molecule has 132 valence electrons. The number of aryl methyl sites for hydroxylation is 1. The zero-order valence-electron chi connectivity index (χ0n) is 13.9. The number of ether oxygens (including phenoxy) is 2. The van der Waals surface area contributed by atoms with Crippen LogP contribution < -0.4 is 5.73 Å². The Kier molecular flexibility index (Phi) is 5.21. The molecule has 0 fully saturated rings. The zero-order valence-corrected chi connectivity index (χ0v) is 13.9.